The van der Waals surface area contributed by atoms with Crippen LogP contribution in [0.5, 0.6) is 5.75 Å². The molecule has 1 nitrogen and oxygen atoms in total. The molecule has 38 heavy (non-hydrogen) atoms. The summed E-state index contributed by atoms with van der Waals surface area (Å²) < 4.78 is 34.8. The number of hydrogen-bond donors (Lipinski definition) is 0. The van der Waals surface area contributed by atoms with E-state index in [0.29, 0.717) is 17.7 Å². The summed E-state index contributed by atoms with van der Waals surface area (Å²) in [5.74, 6) is -1.37. The summed E-state index contributed by atoms with van der Waals surface area (Å²) in [6.45, 7) is 0.287. The van der Waals surface area contributed by atoms with Crippen LogP contribution >= 0.6 is 7.26 Å². The first-order valence-corrected chi connectivity index (χ1v) is 14.3. The van der Waals surface area contributed by atoms with Crippen molar-refractivity contribution >= 4 is 23.2 Å². The lowest BCUT2D eigenvalue weighted by molar-refractivity contribution is -0.00000860. The monoisotopic (exact) mass is 636 g/mol. The number of aryl methyl sites for hydroxylation is 1. The fraction of sp³-hybridized carbons (Fsp3) is 0.0909. The molecule has 5 aromatic carbocycles. The summed E-state index contributed by atoms with van der Waals surface area (Å²) in [6, 6.07) is 43.8. The number of halogens is 3. The van der Waals surface area contributed by atoms with Gasteiger partial charge in [0, 0.05) is 18.1 Å². The lowest BCUT2D eigenvalue weighted by Crippen LogP contribution is -3.00. The normalized spacial score (nSPS) is 11.0. The molecule has 0 saturated carbocycles. The van der Waals surface area contributed by atoms with Gasteiger partial charge in [-0.15, -0.1) is 0 Å². The maximum atomic E-state index is 14.5. The Balaban J connectivity index is 0.00000336. The first kappa shape index (κ1) is 27.9. The van der Waals surface area contributed by atoms with Gasteiger partial charge in [-0.1, -0.05) is 84.9 Å². The molecule has 0 radical (unpaired) electrons. The Kier molecular flexibility index (Phi) is 9.65. The highest BCUT2D eigenvalue weighted by molar-refractivity contribution is 7.95. The van der Waals surface area contributed by atoms with E-state index in [2.05, 4.69) is 72.8 Å². The Morgan fingerprint density at radius 3 is 1.45 bits per heavy atom. The minimum Gasteiger partial charge on any atom is -1.00 e. The minimum absolute atomic E-state index is 0. The van der Waals surface area contributed by atoms with E-state index in [1.165, 1.54) is 28.0 Å². The average molecular weight is 636 g/mol. The fourth-order valence-electron chi connectivity index (χ4n) is 4.80. The summed E-state index contributed by atoms with van der Waals surface area (Å²) in [7, 11) is -2.11. The van der Waals surface area contributed by atoms with E-state index < -0.39 is 18.9 Å². The van der Waals surface area contributed by atoms with Crippen molar-refractivity contribution in [1.82, 2.24) is 0 Å². The predicted octanol–water partition coefficient (Wildman–Crippen LogP) is 4.08. The van der Waals surface area contributed by atoms with E-state index in [-0.39, 0.29) is 30.6 Å². The van der Waals surface area contributed by atoms with E-state index in [0.717, 1.165) is 11.7 Å². The molecule has 5 aromatic rings. The summed E-state index contributed by atoms with van der Waals surface area (Å²) >= 11 is 0. The second-order valence-corrected chi connectivity index (χ2v) is 12.6. The highest BCUT2D eigenvalue weighted by Crippen LogP contribution is 2.55. The topological polar surface area (TPSA) is 9.23 Å². The Bertz CT molecular complexity index is 1340. The smallest absolute Gasteiger partial charge is 0.162 e. The zero-order chi connectivity index (χ0) is 25.5. The molecule has 0 saturated heterocycles. The van der Waals surface area contributed by atoms with E-state index >= 15 is 0 Å². The molecule has 0 heterocycles. The third-order valence-corrected chi connectivity index (χ3v) is 11.1. The van der Waals surface area contributed by atoms with Crippen LogP contribution < -0.4 is 44.6 Å². The van der Waals surface area contributed by atoms with Gasteiger partial charge in [-0.25, -0.2) is 8.78 Å². The predicted molar refractivity (Wildman–Crippen MR) is 151 cm³/mol. The summed E-state index contributed by atoms with van der Waals surface area (Å²) in [6.07, 6.45) is 1.28. The molecule has 5 heteroatoms. The Morgan fingerprint density at radius 2 is 0.974 bits per heavy atom. The van der Waals surface area contributed by atoms with E-state index in [9.17, 15) is 8.78 Å². The molecular weight excluding hydrogens is 608 g/mol. The standard InChI is InChI=1S/C33H28F2OP.HI/c34-31-23-27(33(24-32(31)35)36-25-26-13-5-1-6-14-26)21-22-37(28-15-7-2-8-16-28,29-17-9-3-10-18-29)30-19-11-4-12-20-30;/h1-20,23-24H,21-22,25H2;1H/q+1;/p-1. The molecule has 0 aliphatic rings. The van der Waals surface area contributed by atoms with Gasteiger partial charge in [0.25, 0.3) is 0 Å². The molecule has 0 spiro atoms. The second kappa shape index (κ2) is 13.1. The van der Waals surface area contributed by atoms with Gasteiger partial charge in [0.15, 0.2) is 11.6 Å². The minimum atomic E-state index is -2.11. The van der Waals surface area contributed by atoms with E-state index in [1.807, 2.05) is 48.5 Å². The van der Waals surface area contributed by atoms with Gasteiger partial charge < -0.3 is 28.7 Å². The van der Waals surface area contributed by atoms with Crippen LogP contribution in [0, 0.1) is 11.6 Å². The molecule has 5 rings (SSSR count). The highest BCUT2D eigenvalue weighted by Gasteiger charge is 2.44. The average Bonchev–Trinajstić information content (AvgIpc) is 2.96. The van der Waals surface area contributed by atoms with Gasteiger partial charge in [0.2, 0.25) is 0 Å². The summed E-state index contributed by atoms with van der Waals surface area (Å²) in [5, 5.41) is 3.75. The van der Waals surface area contributed by atoms with Crippen LogP contribution in [0.25, 0.3) is 0 Å². The molecule has 0 aliphatic heterocycles. The SMILES string of the molecule is Fc1cc(CC[P+](c2ccccc2)(c2ccccc2)c2ccccc2)c(OCc2ccccc2)cc1F.[I-]. The highest BCUT2D eigenvalue weighted by atomic mass is 127. The van der Waals surface area contributed by atoms with Crippen LogP contribution in [-0.4, -0.2) is 6.16 Å². The zero-order valence-electron chi connectivity index (χ0n) is 20.8. The number of ether oxygens (including phenoxy) is 1. The van der Waals surface area contributed by atoms with E-state index in [1.54, 1.807) is 0 Å². The first-order valence-electron chi connectivity index (χ1n) is 12.4. The van der Waals surface area contributed by atoms with Crippen LogP contribution in [0.1, 0.15) is 11.1 Å². The maximum absolute atomic E-state index is 14.5. The van der Waals surface area contributed by atoms with Gasteiger partial charge in [-0.05, 0) is 48.0 Å². The summed E-state index contributed by atoms with van der Waals surface area (Å²) in [5.41, 5.74) is 1.64. The van der Waals surface area contributed by atoms with Crippen molar-refractivity contribution in [3.8, 4) is 5.75 Å². The van der Waals surface area contributed by atoms with Crippen molar-refractivity contribution in [2.45, 2.75) is 13.0 Å². The Labute approximate surface area is 240 Å². The maximum Gasteiger partial charge on any atom is 0.162 e. The first-order chi connectivity index (χ1) is 18.2. The van der Waals surface area contributed by atoms with Crippen molar-refractivity contribution in [2.24, 2.45) is 0 Å². The third-order valence-electron chi connectivity index (χ3n) is 6.65. The van der Waals surface area contributed by atoms with Crippen molar-refractivity contribution in [3.05, 3.63) is 156 Å². The van der Waals surface area contributed by atoms with E-state index in [4.69, 9.17) is 4.74 Å². The van der Waals surface area contributed by atoms with Crippen LogP contribution in [0.15, 0.2) is 133 Å². The van der Waals surface area contributed by atoms with Crippen LogP contribution in [0.4, 0.5) is 8.78 Å². The molecule has 192 valence electrons. The lowest BCUT2D eigenvalue weighted by Gasteiger charge is -2.28. The van der Waals surface area contributed by atoms with Gasteiger partial charge in [-0.2, -0.15) is 0 Å². The molecule has 0 aliphatic carbocycles. The molecular formula is C33H28F2IOP. The van der Waals surface area contributed by atoms with Crippen LogP contribution in [0.2, 0.25) is 0 Å². The zero-order valence-corrected chi connectivity index (χ0v) is 23.9. The molecule has 0 fully saturated rings. The Hall–Kier alpha value is -3.08. The van der Waals surface area contributed by atoms with Crippen molar-refractivity contribution < 1.29 is 37.5 Å². The van der Waals surface area contributed by atoms with Crippen molar-refractivity contribution in [2.75, 3.05) is 6.16 Å². The van der Waals surface area contributed by atoms with Gasteiger partial charge in [0.1, 0.15) is 35.5 Å². The number of benzene rings is 5. The van der Waals surface area contributed by atoms with Crippen LogP contribution in [-0.2, 0) is 13.0 Å². The second-order valence-electron chi connectivity index (χ2n) is 8.94. The number of rotatable bonds is 9. The molecule has 0 atom stereocenters. The fourth-order valence-corrected chi connectivity index (χ4v) is 9.09. The van der Waals surface area contributed by atoms with Gasteiger partial charge >= 0.3 is 0 Å². The summed E-state index contributed by atoms with van der Waals surface area (Å²) in [4.78, 5) is 0. The van der Waals surface area contributed by atoms with Crippen molar-refractivity contribution in [3.63, 3.8) is 0 Å². The van der Waals surface area contributed by atoms with Gasteiger partial charge in [0.05, 0.1) is 6.16 Å². The largest absolute Gasteiger partial charge is 1.00 e. The number of hydrogen-bond acceptors (Lipinski definition) is 1. The Morgan fingerprint density at radius 1 is 0.553 bits per heavy atom. The lowest BCUT2D eigenvalue weighted by atomic mass is 10.1. The third kappa shape index (κ3) is 6.14. The van der Waals surface area contributed by atoms with Crippen LogP contribution in [0.3, 0.4) is 0 Å². The van der Waals surface area contributed by atoms with Gasteiger partial charge in [-0.3, -0.25) is 0 Å². The molecule has 0 aromatic heterocycles. The quantitative estimate of drug-likeness (QED) is 0.175. The molecule has 0 N–H and O–H groups in total. The van der Waals surface area contributed by atoms with Crippen molar-refractivity contribution in [1.29, 1.82) is 0 Å². The molecule has 0 bridgehead atoms. The molecule has 0 amide bonds. The molecule has 0 unspecified atom stereocenters.